The van der Waals surface area contributed by atoms with E-state index < -0.39 is 0 Å². The molecule has 0 spiro atoms. The van der Waals surface area contributed by atoms with Crippen LogP contribution < -0.4 is 5.32 Å². The minimum Gasteiger partial charge on any atom is -0.316 e. The summed E-state index contributed by atoms with van der Waals surface area (Å²) in [5.41, 5.74) is 0. The quantitative estimate of drug-likeness (QED) is 0.682. The Balaban J connectivity index is 1.92. The molecule has 0 bridgehead atoms. The maximum Gasteiger partial charge on any atom is 0.0141 e. The molecule has 1 N–H and O–H groups in total. The van der Waals surface area contributed by atoms with Crippen LogP contribution in [0.3, 0.4) is 0 Å². The van der Waals surface area contributed by atoms with Crippen molar-refractivity contribution in [3.63, 3.8) is 0 Å². The predicted octanol–water partition coefficient (Wildman–Crippen LogP) is 3.30. The highest BCUT2D eigenvalue weighted by Crippen LogP contribution is 2.25. The third-order valence-electron chi connectivity index (χ3n) is 3.29. The lowest BCUT2D eigenvalue weighted by Crippen LogP contribution is -2.25. The molecule has 0 radical (unpaired) electrons. The molecule has 1 atom stereocenters. The van der Waals surface area contributed by atoms with E-state index in [-0.39, 0.29) is 0 Å². The number of hydrogen-bond donors (Lipinski definition) is 1. The first-order valence-electron chi connectivity index (χ1n) is 6.06. The van der Waals surface area contributed by atoms with E-state index in [1.165, 1.54) is 51.6 Å². The Labute approximate surface area is 93.4 Å². The van der Waals surface area contributed by atoms with E-state index in [1.807, 2.05) is 11.8 Å². The molecule has 0 aromatic rings. The van der Waals surface area contributed by atoms with Crippen LogP contribution in [0, 0.1) is 5.92 Å². The van der Waals surface area contributed by atoms with Crippen LogP contribution >= 0.6 is 11.8 Å². The van der Waals surface area contributed by atoms with Gasteiger partial charge in [-0.05, 0) is 25.1 Å². The van der Waals surface area contributed by atoms with Gasteiger partial charge in [0.05, 0.1) is 0 Å². The van der Waals surface area contributed by atoms with Crippen molar-refractivity contribution in [2.24, 2.45) is 5.92 Å². The van der Waals surface area contributed by atoms with Gasteiger partial charge in [-0.2, -0.15) is 11.8 Å². The molecule has 0 heterocycles. The van der Waals surface area contributed by atoms with Gasteiger partial charge in [-0.1, -0.05) is 39.0 Å². The Morgan fingerprint density at radius 2 is 2.00 bits per heavy atom. The van der Waals surface area contributed by atoms with E-state index in [9.17, 15) is 0 Å². The van der Waals surface area contributed by atoms with Gasteiger partial charge in [0, 0.05) is 11.8 Å². The van der Waals surface area contributed by atoms with Gasteiger partial charge in [0.15, 0.2) is 0 Å². The van der Waals surface area contributed by atoms with Crippen molar-refractivity contribution < 1.29 is 0 Å². The molecule has 14 heavy (non-hydrogen) atoms. The smallest absolute Gasteiger partial charge is 0.0141 e. The minimum atomic E-state index is 0.765. The summed E-state index contributed by atoms with van der Waals surface area (Å²) in [6.07, 6.45) is 11.0. The van der Waals surface area contributed by atoms with Crippen LogP contribution in [-0.4, -0.2) is 24.6 Å². The highest BCUT2D eigenvalue weighted by atomic mass is 32.2. The lowest BCUT2D eigenvalue weighted by molar-refractivity contribution is 0.334. The van der Waals surface area contributed by atoms with Crippen molar-refractivity contribution in [2.75, 3.05) is 19.3 Å². The molecule has 0 aromatic carbocycles. The summed E-state index contributed by atoms with van der Waals surface area (Å²) in [5.74, 6) is 1.03. The van der Waals surface area contributed by atoms with E-state index in [2.05, 4.69) is 18.5 Å². The number of rotatable bonds is 6. The Morgan fingerprint density at radius 3 is 2.64 bits per heavy atom. The van der Waals surface area contributed by atoms with Crippen LogP contribution in [0.15, 0.2) is 0 Å². The zero-order valence-electron chi connectivity index (χ0n) is 9.72. The van der Waals surface area contributed by atoms with Crippen LogP contribution in [0.2, 0.25) is 0 Å². The molecule has 1 aliphatic rings. The number of hydrogen-bond acceptors (Lipinski definition) is 2. The van der Waals surface area contributed by atoms with Gasteiger partial charge < -0.3 is 5.32 Å². The van der Waals surface area contributed by atoms with Gasteiger partial charge in [-0.3, -0.25) is 0 Å². The van der Waals surface area contributed by atoms with Gasteiger partial charge in [0.1, 0.15) is 0 Å². The standard InChI is InChI=1S/C12H25NS/c1-11(14-2)10-13-9-8-12-6-4-3-5-7-12/h11-13H,3-10H2,1-2H3. The molecule has 1 unspecified atom stereocenters. The second-order valence-electron chi connectivity index (χ2n) is 4.54. The van der Waals surface area contributed by atoms with Crippen LogP contribution in [0.1, 0.15) is 45.4 Å². The molecule has 1 nitrogen and oxygen atoms in total. The Hall–Kier alpha value is 0.310. The normalized spacial score (nSPS) is 21.0. The van der Waals surface area contributed by atoms with Crippen LogP contribution in [0.5, 0.6) is 0 Å². The molecule has 1 aliphatic carbocycles. The van der Waals surface area contributed by atoms with Crippen molar-refractivity contribution >= 4 is 11.8 Å². The molecular formula is C12H25NS. The van der Waals surface area contributed by atoms with E-state index in [0.29, 0.717) is 0 Å². The predicted molar refractivity (Wildman–Crippen MR) is 67.0 cm³/mol. The van der Waals surface area contributed by atoms with Gasteiger partial charge in [-0.25, -0.2) is 0 Å². The van der Waals surface area contributed by atoms with Gasteiger partial charge in [0.25, 0.3) is 0 Å². The Kier molecular flexibility index (Phi) is 6.70. The van der Waals surface area contributed by atoms with Crippen molar-refractivity contribution in [2.45, 2.75) is 50.7 Å². The molecule has 0 aliphatic heterocycles. The van der Waals surface area contributed by atoms with E-state index in [1.54, 1.807) is 0 Å². The summed E-state index contributed by atoms with van der Waals surface area (Å²) in [4.78, 5) is 0. The number of thioether (sulfide) groups is 1. The second-order valence-corrected chi connectivity index (χ2v) is 5.82. The molecule has 2 heteroatoms. The van der Waals surface area contributed by atoms with Crippen molar-refractivity contribution in [1.29, 1.82) is 0 Å². The van der Waals surface area contributed by atoms with Gasteiger partial charge >= 0.3 is 0 Å². The van der Waals surface area contributed by atoms with Gasteiger partial charge in [-0.15, -0.1) is 0 Å². The summed E-state index contributed by atoms with van der Waals surface area (Å²) in [6, 6.07) is 0. The molecule has 0 saturated heterocycles. The van der Waals surface area contributed by atoms with Crippen molar-refractivity contribution in [3.05, 3.63) is 0 Å². The lowest BCUT2D eigenvalue weighted by Gasteiger charge is -2.21. The van der Waals surface area contributed by atoms with Crippen LogP contribution in [0.25, 0.3) is 0 Å². The van der Waals surface area contributed by atoms with Crippen molar-refractivity contribution in [1.82, 2.24) is 5.32 Å². The molecular weight excluding hydrogens is 190 g/mol. The molecule has 1 saturated carbocycles. The summed E-state index contributed by atoms with van der Waals surface area (Å²) < 4.78 is 0. The SMILES string of the molecule is CSC(C)CNCCC1CCCCC1. The maximum atomic E-state index is 3.56. The fourth-order valence-corrected chi connectivity index (χ4v) is 2.46. The zero-order chi connectivity index (χ0) is 10.2. The summed E-state index contributed by atoms with van der Waals surface area (Å²) in [6.45, 7) is 4.70. The monoisotopic (exact) mass is 215 g/mol. The Morgan fingerprint density at radius 1 is 1.29 bits per heavy atom. The average molecular weight is 215 g/mol. The third-order valence-corrected chi connectivity index (χ3v) is 4.26. The van der Waals surface area contributed by atoms with E-state index in [0.717, 1.165) is 11.2 Å². The highest BCUT2D eigenvalue weighted by molar-refractivity contribution is 7.99. The van der Waals surface area contributed by atoms with E-state index >= 15 is 0 Å². The third kappa shape index (κ3) is 5.26. The first-order valence-corrected chi connectivity index (χ1v) is 7.35. The van der Waals surface area contributed by atoms with Crippen LogP contribution in [-0.2, 0) is 0 Å². The highest BCUT2D eigenvalue weighted by Gasteiger charge is 2.12. The van der Waals surface area contributed by atoms with E-state index in [4.69, 9.17) is 0 Å². The molecule has 1 fully saturated rings. The summed E-state index contributed by atoms with van der Waals surface area (Å²) in [5, 5.41) is 4.33. The molecule has 1 rings (SSSR count). The first kappa shape index (κ1) is 12.4. The fraction of sp³-hybridized carbons (Fsp3) is 1.00. The van der Waals surface area contributed by atoms with Gasteiger partial charge in [0.2, 0.25) is 0 Å². The molecule has 0 aromatic heterocycles. The largest absolute Gasteiger partial charge is 0.316 e. The average Bonchev–Trinajstić information content (AvgIpc) is 2.25. The maximum absolute atomic E-state index is 3.56. The lowest BCUT2D eigenvalue weighted by atomic mass is 9.87. The Bertz CT molecular complexity index is 132. The minimum absolute atomic E-state index is 0.765. The van der Waals surface area contributed by atoms with Crippen LogP contribution in [0.4, 0.5) is 0 Å². The summed E-state index contributed by atoms with van der Waals surface area (Å²) in [7, 11) is 0. The second kappa shape index (κ2) is 7.58. The zero-order valence-corrected chi connectivity index (χ0v) is 10.5. The molecule has 0 amide bonds. The first-order chi connectivity index (χ1) is 6.83. The fourth-order valence-electron chi connectivity index (χ4n) is 2.17. The van der Waals surface area contributed by atoms with Crippen molar-refractivity contribution in [3.8, 4) is 0 Å². The molecule has 84 valence electrons. The topological polar surface area (TPSA) is 12.0 Å². The number of nitrogens with one attached hydrogen (secondary N) is 1. The summed E-state index contributed by atoms with van der Waals surface area (Å²) >= 11 is 1.95.